The number of benzene rings is 1. The highest BCUT2D eigenvalue weighted by Gasteiger charge is 2.52. The Kier molecular flexibility index (Phi) is 4.95. The van der Waals surface area contributed by atoms with Crippen molar-refractivity contribution in [3.8, 4) is 17.0 Å². The zero-order valence-electron chi connectivity index (χ0n) is 16.7. The van der Waals surface area contributed by atoms with Gasteiger partial charge in [0.1, 0.15) is 11.3 Å². The van der Waals surface area contributed by atoms with Gasteiger partial charge >= 0.3 is 5.97 Å². The molecule has 1 N–H and O–H groups in total. The maximum atomic E-state index is 12.4. The number of carbonyl (C=O) groups is 1. The molecular formula is C22H24ClNO5. The van der Waals surface area contributed by atoms with Gasteiger partial charge in [-0.25, -0.2) is 4.79 Å². The van der Waals surface area contributed by atoms with Crippen molar-refractivity contribution in [2.24, 2.45) is 5.41 Å². The van der Waals surface area contributed by atoms with Crippen molar-refractivity contribution in [3.63, 3.8) is 0 Å². The number of fused-ring (bicyclic) bond motifs is 6. The summed E-state index contributed by atoms with van der Waals surface area (Å²) in [6.07, 6.45) is 3.22. The Morgan fingerprint density at radius 3 is 2.72 bits per heavy atom. The largest absolute Gasteiger partial charge is 0.492 e. The zero-order chi connectivity index (χ0) is 20.9. The first kappa shape index (κ1) is 20.0. The molecule has 0 radical (unpaired) electrons. The number of methoxy groups -OCH3 is 1. The summed E-state index contributed by atoms with van der Waals surface area (Å²) in [6.45, 7) is 5.45. The monoisotopic (exact) mass is 417 g/mol. The molecule has 1 aliphatic heterocycles. The first-order chi connectivity index (χ1) is 13.7. The summed E-state index contributed by atoms with van der Waals surface area (Å²) >= 11 is 6.48. The molecule has 2 atom stereocenters. The van der Waals surface area contributed by atoms with Crippen LogP contribution in [0.5, 0.6) is 5.75 Å². The number of pyridine rings is 1. The van der Waals surface area contributed by atoms with E-state index in [1.807, 2.05) is 16.7 Å². The summed E-state index contributed by atoms with van der Waals surface area (Å²) in [7, 11) is 1.65. The van der Waals surface area contributed by atoms with Crippen molar-refractivity contribution in [3.05, 3.63) is 50.8 Å². The van der Waals surface area contributed by atoms with Gasteiger partial charge in [-0.2, -0.15) is 0 Å². The molecule has 2 heterocycles. The van der Waals surface area contributed by atoms with Gasteiger partial charge in [0, 0.05) is 49.9 Å². The second-order valence-electron chi connectivity index (χ2n) is 8.46. The molecule has 2 aromatic rings. The quantitative estimate of drug-likeness (QED) is 0.707. The molecule has 7 heteroatoms. The molecule has 0 bridgehead atoms. The van der Waals surface area contributed by atoms with E-state index in [9.17, 15) is 14.7 Å². The lowest BCUT2D eigenvalue weighted by molar-refractivity contribution is 0.0442. The number of hydrogen-bond donors (Lipinski definition) is 1. The first-order valence-corrected chi connectivity index (χ1v) is 10.1. The molecule has 1 aromatic carbocycles. The molecule has 1 aromatic heterocycles. The summed E-state index contributed by atoms with van der Waals surface area (Å²) in [6, 6.07) is 5.31. The van der Waals surface area contributed by atoms with Crippen LogP contribution in [0.15, 0.2) is 29.2 Å². The van der Waals surface area contributed by atoms with E-state index in [1.165, 1.54) is 12.3 Å². The van der Waals surface area contributed by atoms with Crippen molar-refractivity contribution >= 4 is 17.6 Å². The predicted octanol–water partition coefficient (Wildman–Crippen LogP) is 4.35. The van der Waals surface area contributed by atoms with Crippen LogP contribution < -0.4 is 10.2 Å². The van der Waals surface area contributed by atoms with E-state index in [2.05, 4.69) is 13.8 Å². The van der Waals surface area contributed by atoms with E-state index < -0.39 is 11.4 Å². The molecule has 1 saturated carbocycles. The van der Waals surface area contributed by atoms with E-state index in [1.54, 1.807) is 7.11 Å². The topological polar surface area (TPSA) is 77.8 Å². The van der Waals surface area contributed by atoms with E-state index in [4.69, 9.17) is 21.1 Å². The van der Waals surface area contributed by atoms with E-state index in [-0.39, 0.29) is 22.9 Å². The van der Waals surface area contributed by atoms with Gasteiger partial charge in [0.05, 0.1) is 17.3 Å². The van der Waals surface area contributed by atoms with Crippen LogP contribution in [0.3, 0.4) is 0 Å². The van der Waals surface area contributed by atoms with Gasteiger partial charge in [0.15, 0.2) is 5.43 Å². The maximum Gasteiger partial charge on any atom is 0.341 e. The number of halogens is 1. The fourth-order valence-electron chi connectivity index (χ4n) is 4.78. The van der Waals surface area contributed by atoms with Gasteiger partial charge in [-0.15, -0.1) is 0 Å². The number of hydrogen-bond acceptors (Lipinski definition) is 4. The highest BCUT2D eigenvalue weighted by Crippen LogP contribution is 2.63. The average Bonchev–Trinajstić information content (AvgIpc) is 2.64. The van der Waals surface area contributed by atoms with Gasteiger partial charge in [-0.3, -0.25) is 4.79 Å². The van der Waals surface area contributed by atoms with Gasteiger partial charge in [0.25, 0.3) is 0 Å². The highest BCUT2D eigenvalue weighted by molar-refractivity contribution is 6.32. The van der Waals surface area contributed by atoms with Crippen LogP contribution in [0.1, 0.15) is 54.6 Å². The average molecular weight is 418 g/mol. The van der Waals surface area contributed by atoms with Crippen LogP contribution in [0.4, 0.5) is 0 Å². The van der Waals surface area contributed by atoms with Gasteiger partial charge in [-0.05, 0) is 29.5 Å². The van der Waals surface area contributed by atoms with Gasteiger partial charge in [-0.1, -0.05) is 25.4 Å². The normalized spacial score (nSPS) is 20.8. The fraction of sp³-hybridized carbons (Fsp3) is 0.455. The molecule has 2 aliphatic rings. The molecule has 6 nitrogen and oxygen atoms in total. The lowest BCUT2D eigenvalue weighted by Gasteiger charge is -2.56. The number of nitrogens with zero attached hydrogens (tertiary/aromatic N) is 1. The smallest absolute Gasteiger partial charge is 0.341 e. The summed E-state index contributed by atoms with van der Waals surface area (Å²) in [5, 5.41) is 9.88. The molecule has 1 fully saturated rings. The lowest BCUT2D eigenvalue weighted by Crippen LogP contribution is -2.46. The minimum Gasteiger partial charge on any atom is -0.492 e. The number of aromatic carboxylic acids is 1. The van der Waals surface area contributed by atoms with Gasteiger partial charge < -0.3 is 19.1 Å². The molecule has 29 heavy (non-hydrogen) atoms. The molecule has 0 amide bonds. The first-order valence-electron chi connectivity index (χ1n) is 9.69. The summed E-state index contributed by atoms with van der Waals surface area (Å²) in [5.74, 6) is -0.360. The number of ether oxygens (including phenoxy) is 2. The minimum atomic E-state index is -1.21. The third-order valence-electron chi connectivity index (χ3n) is 6.07. The Morgan fingerprint density at radius 2 is 2.07 bits per heavy atom. The van der Waals surface area contributed by atoms with Crippen molar-refractivity contribution in [2.45, 2.75) is 38.6 Å². The Morgan fingerprint density at radius 1 is 1.31 bits per heavy atom. The molecule has 2 unspecified atom stereocenters. The third-order valence-corrected chi connectivity index (χ3v) is 6.36. The van der Waals surface area contributed by atoms with Crippen LogP contribution >= 0.6 is 11.6 Å². The second-order valence-corrected chi connectivity index (χ2v) is 8.86. The number of aromatic nitrogens is 1. The lowest BCUT2D eigenvalue weighted by atomic mass is 9.55. The Labute approximate surface area is 174 Å². The van der Waals surface area contributed by atoms with Crippen molar-refractivity contribution in [1.82, 2.24) is 4.57 Å². The Bertz CT molecular complexity index is 1040. The van der Waals surface area contributed by atoms with Crippen LogP contribution in [-0.4, -0.2) is 36.0 Å². The molecule has 0 saturated heterocycles. The summed E-state index contributed by atoms with van der Waals surface area (Å²) in [5.41, 5.74) is 1.95. The zero-order valence-corrected chi connectivity index (χ0v) is 17.5. The molecule has 0 spiro atoms. The van der Waals surface area contributed by atoms with Crippen molar-refractivity contribution in [1.29, 1.82) is 0 Å². The van der Waals surface area contributed by atoms with E-state index >= 15 is 0 Å². The van der Waals surface area contributed by atoms with Crippen molar-refractivity contribution < 1.29 is 19.4 Å². The fourth-order valence-corrected chi connectivity index (χ4v) is 5.00. The summed E-state index contributed by atoms with van der Waals surface area (Å²) < 4.78 is 12.9. The minimum absolute atomic E-state index is 0.0128. The Balaban J connectivity index is 1.82. The predicted molar refractivity (Wildman–Crippen MR) is 110 cm³/mol. The van der Waals surface area contributed by atoms with Crippen LogP contribution in [0.2, 0.25) is 5.02 Å². The maximum absolute atomic E-state index is 12.4. The number of rotatable bonds is 6. The number of carboxylic acid groups (broad SMARTS) is 1. The van der Waals surface area contributed by atoms with Crippen LogP contribution in [0.25, 0.3) is 11.3 Å². The molecule has 154 valence electrons. The van der Waals surface area contributed by atoms with E-state index in [0.717, 1.165) is 24.0 Å². The third kappa shape index (κ3) is 3.24. The highest BCUT2D eigenvalue weighted by atomic mass is 35.5. The van der Waals surface area contributed by atoms with E-state index in [0.29, 0.717) is 29.7 Å². The molecule has 1 aliphatic carbocycles. The SMILES string of the molecule is COCCCOc1cc2c(cc1Cl)-c1cc(=O)c(C(=O)O)cn1C1C2CC1(C)C. The standard InChI is InChI=1S/C22H24ClNO5/c1-22(2)10-14-12-8-19(29-6-4-5-28-3)16(23)7-13(12)17-9-18(25)15(21(26)27)11-24(17)20(14)22/h7-9,11,14,20H,4-6,10H2,1-3H3,(H,26,27). The number of carboxylic acids is 1. The summed E-state index contributed by atoms with van der Waals surface area (Å²) in [4.78, 5) is 23.9. The Hall–Kier alpha value is -2.31. The molecule has 4 rings (SSSR count). The second kappa shape index (κ2) is 7.18. The van der Waals surface area contributed by atoms with Crippen LogP contribution in [0, 0.1) is 5.41 Å². The molecular weight excluding hydrogens is 394 g/mol. The van der Waals surface area contributed by atoms with Crippen molar-refractivity contribution in [2.75, 3.05) is 20.3 Å². The van der Waals surface area contributed by atoms with Crippen LogP contribution in [-0.2, 0) is 4.74 Å². The van der Waals surface area contributed by atoms with Gasteiger partial charge in [0.2, 0.25) is 0 Å².